The fourth-order valence-corrected chi connectivity index (χ4v) is 4.60. The third-order valence-corrected chi connectivity index (χ3v) is 6.40. The number of carbonyl (C=O) groups excluding carboxylic acids is 1. The summed E-state index contributed by atoms with van der Waals surface area (Å²) < 4.78 is 2.24. The largest absolute Gasteiger partial charge is 0.342 e. The topological polar surface area (TPSA) is 46.4 Å². The molecule has 1 fully saturated rings. The second kappa shape index (κ2) is 8.52. The van der Waals surface area contributed by atoms with Crippen LogP contribution >= 0.6 is 11.8 Å². The lowest BCUT2D eigenvalue weighted by Crippen LogP contribution is -2.19. The molecule has 32 heavy (non-hydrogen) atoms. The van der Waals surface area contributed by atoms with Crippen molar-refractivity contribution in [3.63, 3.8) is 0 Å². The number of amidine groups is 1. The Hall–Kier alpha value is -3.57. The van der Waals surface area contributed by atoms with Crippen LogP contribution in [-0.4, -0.2) is 15.6 Å². The van der Waals surface area contributed by atoms with Gasteiger partial charge in [-0.2, -0.15) is 0 Å². The summed E-state index contributed by atoms with van der Waals surface area (Å²) in [6.07, 6.45) is 4.09. The van der Waals surface area contributed by atoms with E-state index >= 15 is 0 Å². The molecule has 5 rings (SSSR count). The molecular formula is C27H23N3OS. The Morgan fingerprint density at radius 2 is 1.62 bits per heavy atom. The van der Waals surface area contributed by atoms with Crippen LogP contribution in [0.15, 0.2) is 88.9 Å². The molecule has 0 saturated carbocycles. The number of aryl methyl sites for hydroxylation is 2. The molecule has 4 nitrogen and oxygen atoms in total. The molecule has 0 unspecified atom stereocenters. The predicted molar refractivity (Wildman–Crippen MR) is 134 cm³/mol. The molecule has 0 radical (unpaired) electrons. The molecule has 1 saturated heterocycles. The Kier molecular flexibility index (Phi) is 5.41. The zero-order valence-electron chi connectivity index (χ0n) is 18.0. The molecule has 1 aromatic heterocycles. The van der Waals surface area contributed by atoms with Gasteiger partial charge in [-0.15, -0.1) is 0 Å². The van der Waals surface area contributed by atoms with E-state index in [1.54, 1.807) is 0 Å². The molecule has 2 heterocycles. The number of carbonyl (C=O) groups is 1. The third-order valence-electron chi connectivity index (χ3n) is 5.50. The van der Waals surface area contributed by atoms with Crippen LogP contribution in [-0.2, 0) is 11.3 Å². The average molecular weight is 438 g/mol. The quantitative estimate of drug-likeness (QED) is 0.387. The number of benzene rings is 3. The second-order valence-electron chi connectivity index (χ2n) is 8.03. The van der Waals surface area contributed by atoms with E-state index < -0.39 is 0 Å². The minimum atomic E-state index is -0.115. The first-order chi connectivity index (χ1) is 15.5. The molecule has 1 N–H and O–H groups in total. The van der Waals surface area contributed by atoms with Crippen molar-refractivity contribution < 1.29 is 4.79 Å². The summed E-state index contributed by atoms with van der Waals surface area (Å²) >= 11 is 1.38. The van der Waals surface area contributed by atoms with Gasteiger partial charge in [0.15, 0.2) is 5.17 Å². The van der Waals surface area contributed by atoms with Crippen molar-refractivity contribution in [2.45, 2.75) is 20.4 Å². The van der Waals surface area contributed by atoms with Crippen molar-refractivity contribution >= 4 is 45.5 Å². The van der Waals surface area contributed by atoms with Gasteiger partial charge in [0.25, 0.3) is 5.91 Å². The lowest BCUT2D eigenvalue weighted by atomic mass is 10.1. The highest BCUT2D eigenvalue weighted by Crippen LogP contribution is 2.31. The second-order valence-corrected chi connectivity index (χ2v) is 9.06. The van der Waals surface area contributed by atoms with Gasteiger partial charge in [0.1, 0.15) is 0 Å². The first-order valence-electron chi connectivity index (χ1n) is 10.5. The van der Waals surface area contributed by atoms with Gasteiger partial charge >= 0.3 is 0 Å². The Morgan fingerprint density at radius 1 is 0.938 bits per heavy atom. The van der Waals surface area contributed by atoms with Gasteiger partial charge in [0, 0.05) is 29.2 Å². The Balaban J connectivity index is 1.46. The highest BCUT2D eigenvalue weighted by atomic mass is 32.2. The lowest BCUT2D eigenvalue weighted by molar-refractivity contribution is -0.115. The highest BCUT2D eigenvalue weighted by Gasteiger charge is 2.24. The van der Waals surface area contributed by atoms with Crippen LogP contribution in [0.2, 0.25) is 0 Å². The first-order valence-corrected chi connectivity index (χ1v) is 11.4. The van der Waals surface area contributed by atoms with Crippen molar-refractivity contribution in [2.24, 2.45) is 4.99 Å². The van der Waals surface area contributed by atoms with E-state index in [0.717, 1.165) is 28.7 Å². The monoisotopic (exact) mass is 437 g/mol. The molecule has 1 aliphatic heterocycles. The molecular weight excluding hydrogens is 414 g/mol. The van der Waals surface area contributed by atoms with Gasteiger partial charge in [0.2, 0.25) is 0 Å². The third kappa shape index (κ3) is 4.25. The Morgan fingerprint density at radius 3 is 2.38 bits per heavy atom. The maximum atomic E-state index is 12.6. The number of rotatable bonds is 4. The Labute approximate surface area is 191 Å². The van der Waals surface area contributed by atoms with Gasteiger partial charge in [-0.05, 0) is 55.4 Å². The van der Waals surface area contributed by atoms with Crippen molar-refractivity contribution in [3.8, 4) is 0 Å². The number of para-hydroxylation sites is 1. The van der Waals surface area contributed by atoms with Crippen molar-refractivity contribution in [2.75, 3.05) is 0 Å². The molecule has 5 heteroatoms. The van der Waals surface area contributed by atoms with Gasteiger partial charge in [-0.3, -0.25) is 4.79 Å². The zero-order valence-corrected chi connectivity index (χ0v) is 18.8. The molecule has 1 amide bonds. The molecule has 0 aliphatic carbocycles. The van der Waals surface area contributed by atoms with Gasteiger partial charge in [-0.25, -0.2) is 4.99 Å². The molecule has 0 bridgehead atoms. The van der Waals surface area contributed by atoms with E-state index in [-0.39, 0.29) is 5.91 Å². The molecule has 0 spiro atoms. The minimum absolute atomic E-state index is 0.115. The smallest absolute Gasteiger partial charge is 0.264 e. The number of hydrogen-bond acceptors (Lipinski definition) is 3. The normalized spacial score (nSPS) is 16.2. The molecule has 3 aromatic carbocycles. The van der Waals surface area contributed by atoms with Crippen LogP contribution < -0.4 is 5.32 Å². The summed E-state index contributed by atoms with van der Waals surface area (Å²) in [5.41, 5.74) is 6.69. The van der Waals surface area contributed by atoms with Crippen LogP contribution in [0.3, 0.4) is 0 Å². The average Bonchev–Trinajstić information content (AvgIpc) is 3.31. The van der Waals surface area contributed by atoms with Crippen molar-refractivity contribution in [1.29, 1.82) is 0 Å². The predicted octanol–water partition coefficient (Wildman–Crippen LogP) is 6.20. The molecule has 1 aliphatic rings. The number of nitrogens with zero attached hydrogens (tertiary/aromatic N) is 2. The van der Waals surface area contributed by atoms with E-state index in [1.165, 1.54) is 28.5 Å². The standard InChI is InChI=1S/C27H23N3OS/c1-18-7-11-20(12-8-18)16-30-17-21(23-5-3-4-6-24(23)30)15-25-26(31)29-27(32-25)28-22-13-9-19(2)10-14-22/h3-15,17H,16H2,1-2H3,(H,28,29,31)/b25-15+. The number of aliphatic imine (C=N–C) groups is 1. The fraction of sp³-hybridized carbons (Fsp3) is 0.111. The highest BCUT2D eigenvalue weighted by molar-refractivity contribution is 8.18. The number of amides is 1. The van der Waals surface area contributed by atoms with Gasteiger partial charge < -0.3 is 9.88 Å². The molecule has 0 atom stereocenters. The zero-order chi connectivity index (χ0) is 22.1. The van der Waals surface area contributed by atoms with E-state index in [9.17, 15) is 4.79 Å². The summed E-state index contributed by atoms with van der Waals surface area (Å²) in [5.74, 6) is -0.115. The Bertz CT molecular complexity index is 1360. The summed E-state index contributed by atoms with van der Waals surface area (Å²) in [6.45, 7) is 4.92. The number of thioether (sulfide) groups is 1. The van der Waals surface area contributed by atoms with E-state index in [0.29, 0.717) is 10.1 Å². The van der Waals surface area contributed by atoms with Crippen molar-refractivity contribution in [3.05, 3.63) is 106 Å². The van der Waals surface area contributed by atoms with E-state index in [1.807, 2.05) is 49.4 Å². The summed E-state index contributed by atoms with van der Waals surface area (Å²) in [5, 5.41) is 4.62. The summed E-state index contributed by atoms with van der Waals surface area (Å²) in [7, 11) is 0. The fourth-order valence-electron chi connectivity index (χ4n) is 3.77. The maximum Gasteiger partial charge on any atom is 0.264 e. The maximum absolute atomic E-state index is 12.6. The minimum Gasteiger partial charge on any atom is -0.342 e. The number of nitrogens with one attached hydrogen (secondary N) is 1. The summed E-state index contributed by atoms with van der Waals surface area (Å²) in [4.78, 5) is 17.8. The summed E-state index contributed by atoms with van der Waals surface area (Å²) in [6, 6.07) is 24.8. The van der Waals surface area contributed by atoms with Gasteiger partial charge in [-0.1, -0.05) is 65.7 Å². The number of fused-ring (bicyclic) bond motifs is 1. The SMILES string of the molecule is Cc1ccc(Cn2cc(/C=C3/SC(=Nc4ccc(C)cc4)NC3=O)c3ccccc32)cc1. The van der Waals surface area contributed by atoms with Crippen LogP contribution in [0.1, 0.15) is 22.3 Å². The molecule has 158 valence electrons. The van der Waals surface area contributed by atoms with Crippen LogP contribution in [0.4, 0.5) is 5.69 Å². The van der Waals surface area contributed by atoms with Crippen LogP contribution in [0, 0.1) is 13.8 Å². The number of aromatic nitrogens is 1. The van der Waals surface area contributed by atoms with E-state index in [4.69, 9.17) is 0 Å². The lowest BCUT2D eigenvalue weighted by Gasteiger charge is -2.06. The molecule has 4 aromatic rings. The van der Waals surface area contributed by atoms with Crippen LogP contribution in [0.5, 0.6) is 0 Å². The van der Waals surface area contributed by atoms with Crippen molar-refractivity contribution in [1.82, 2.24) is 9.88 Å². The van der Waals surface area contributed by atoms with E-state index in [2.05, 4.69) is 64.4 Å². The number of hydrogen-bond donors (Lipinski definition) is 1. The van der Waals surface area contributed by atoms with Crippen LogP contribution in [0.25, 0.3) is 17.0 Å². The van der Waals surface area contributed by atoms with Gasteiger partial charge in [0.05, 0.1) is 10.6 Å². The first kappa shape index (κ1) is 20.3.